The fourth-order valence-electron chi connectivity index (χ4n) is 0.931. The number of nitrogens with one attached hydrogen (secondary N) is 1. The van der Waals surface area contributed by atoms with Crippen molar-refractivity contribution in [1.29, 1.82) is 5.40 Å². The molecule has 1 N–H and O–H groups in total. The highest BCUT2D eigenvalue weighted by molar-refractivity contribution is 9.09. The van der Waals surface area contributed by atoms with Crippen LogP contribution in [0.15, 0.2) is 24.3 Å². The predicted octanol–water partition coefficient (Wildman–Crippen LogP) is 2.46. The smallest absolute Gasteiger partial charge is 0.187 e. The first-order chi connectivity index (χ1) is 7.38. The van der Waals surface area contributed by atoms with E-state index in [9.17, 15) is 0 Å². The molecule has 1 rings (SSSR count). The van der Waals surface area contributed by atoms with Crippen molar-refractivity contribution in [3.63, 3.8) is 0 Å². The van der Waals surface area contributed by atoms with Crippen LogP contribution in [0, 0.1) is 17.2 Å². The standard InChI is InChI=1S/C11H10BrNO/c12-7-3-4-8-14-11-6-2-1-5-10(11)9-13/h1-2,5-6,9,13H,7-8H2/b13-9+/i/hT. The van der Waals surface area contributed by atoms with Gasteiger partial charge in [0.25, 0.3) is 0 Å². The van der Waals surface area contributed by atoms with E-state index >= 15 is 0 Å². The summed E-state index contributed by atoms with van der Waals surface area (Å²) in [5.41, 5.74) is 0.785. The lowest BCUT2D eigenvalue weighted by Gasteiger charge is -2.04. The molecular weight excluding hydrogens is 242 g/mol. The van der Waals surface area contributed by atoms with Crippen molar-refractivity contribution in [3.05, 3.63) is 29.8 Å². The van der Waals surface area contributed by atoms with E-state index in [1.807, 2.05) is 24.3 Å². The van der Waals surface area contributed by atoms with Crippen LogP contribution in [0.1, 0.15) is 5.56 Å². The SMILES string of the molecule is [3H]/N=C/c1ccccc1OCC#CCBr. The number of para-hydroxylation sites is 1. The molecule has 0 heterocycles. The summed E-state index contributed by atoms with van der Waals surface area (Å²) in [6.45, 7) is 0.342. The second kappa shape index (κ2) is 6.22. The molecule has 14 heavy (non-hydrogen) atoms. The summed E-state index contributed by atoms with van der Waals surface area (Å²) in [6.07, 6.45) is 1.44. The third kappa shape index (κ3) is 3.23. The minimum absolute atomic E-state index is 0.342. The first-order valence-electron chi connectivity index (χ1n) is 4.54. The minimum Gasteiger partial charge on any atom is -0.480 e. The molecule has 0 aliphatic heterocycles. The lowest BCUT2D eigenvalue weighted by molar-refractivity contribution is 0.369. The van der Waals surface area contributed by atoms with Gasteiger partial charge in [-0.2, -0.15) is 0 Å². The van der Waals surface area contributed by atoms with E-state index in [1.165, 1.54) is 6.21 Å². The summed E-state index contributed by atoms with van der Waals surface area (Å²) < 4.78 is 12.2. The van der Waals surface area contributed by atoms with Crippen LogP contribution in [-0.4, -0.2) is 18.2 Å². The molecule has 0 amide bonds. The Morgan fingerprint density at radius 2 is 2.36 bits per heavy atom. The number of alkyl halides is 1. The van der Waals surface area contributed by atoms with Gasteiger partial charge in [-0.15, -0.1) is 0 Å². The molecule has 3 heteroatoms. The van der Waals surface area contributed by atoms with Crippen molar-refractivity contribution < 1.29 is 6.15 Å². The Balaban J connectivity index is 2.67. The van der Waals surface area contributed by atoms with Gasteiger partial charge in [0.15, 0.2) is 1.41 Å². The van der Waals surface area contributed by atoms with E-state index in [4.69, 9.17) is 6.15 Å². The van der Waals surface area contributed by atoms with Gasteiger partial charge in [-0.1, -0.05) is 39.9 Å². The average molecular weight is 254 g/mol. The highest BCUT2D eigenvalue weighted by Gasteiger charge is 1.97. The molecule has 0 saturated carbocycles. The van der Waals surface area contributed by atoms with Crippen LogP contribution < -0.4 is 4.74 Å². The lowest BCUT2D eigenvalue weighted by Crippen LogP contribution is -1.97. The molecule has 0 atom stereocenters. The van der Waals surface area contributed by atoms with Gasteiger partial charge in [-0.3, -0.25) is 0 Å². The Morgan fingerprint density at radius 3 is 3.14 bits per heavy atom. The Bertz CT molecular complexity index is 395. The van der Waals surface area contributed by atoms with Crippen LogP contribution in [-0.2, 0) is 0 Å². The van der Waals surface area contributed by atoms with Crippen molar-refractivity contribution >= 4 is 22.1 Å². The van der Waals surface area contributed by atoms with Gasteiger partial charge in [-0.25, -0.2) is 0 Å². The summed E-state index contributed by atoms with van der Waals surface area (Å²) in [5.74, 6) is 6.38. The zero-order valence-corrected chi connectivity index (χ0v) is 9.12. The molecule has 2 nitrogen and oxygen atoms in total. The first-order valence-corrected chi connectivity index (χ1v) is 5.21. The van der Waals surface area contributed by atoms with Crippen molar-refractivity contribution in [2.45, 2.75) is 0 Å². The van der Waals surface area contributed by atoms with Crippen molar-refractivity contribution in [2.24, 2.45) is 0 Å². The molecule has 0 fully saturated rings. The second-order valence-corrected chi connectivity index (χ2v) is 3.00. The topological polar surface area (TPSA) is 33.1 Å². The number of benzene rings is 1. The molecule has 0 aromatic heterocycles. The molecule has 0 unspecified atom stereocenters. The van der Waals surface area contributed by atoms with E-state index < -0.39 is 0 Å². The molecule has 0 spiro atoms. The number of hydrogen-bond acceptors (Lipinski definition) is 2. The van der Waals surface area contributed by atoms with Gasteiger partial charge >= 0.3 is 0 Å². The molecule has 72 valence electrons. The predicted molar refractivity (Wildman–Crippen MR) is 61.4 cm³/mol. The summed E-state index contributed by atoms with van der Waals surface area (Å²) in [5, 5.41) is 3.86. The van der Waals surface area contributed by atoms with E-state index in [0.29, 0.717) is 17.7 Å². The maximum absolute atomic E-state index is 6.76. The molecule has 0 bridgehead atoms. The molecule has 0 radical (unpaired) electrons. The maximum atomic E-state index is 6.76. The zero-order valence-electron chi connectivity index (χ0n) is 8.53. The van der Waals surface area contributed by atoms with Crippen molar-refractivity contribution in [1.82, 2.24) is 0 Å². The third-order valence-corrected chi connectivity index (χ3v) is 1.83. The van der Waals surface area contributed by atoms with Gasteiger partial charge < -0.3 is 10.1 Å². The van der Waals surface area contributed by atoms with Crippen LogP contribution >= 0.6 is 15.9 Å². The second-order valence-electron chi connectivity index (χ2n) is 2.44. The maximum Gasteiger partial charge on any atom is 0.187 e. The highest BCUT2D eigenvalue weighted by Crippen LogP contribution is 2.14. The number of halogens is 1. The molecule has 0 saturated heterocycles. The van der Waals surface area contributed by atoms with Crippen LogP contribution in [0.3, 0.4) is 0 Å². The summed E-state index contributed by atoms with van der Waals surface area (Å²) in [4.78, 5) is 0. The van der Waals surface area contributed by atoms with Gasteiger partial charge in [0, 0.05) is 11.8 Å². The Kier molecular flexibility index (Phi) is 4.13. The van der Waals surface area contributed by atoms with Gasteiger partial charge in [0.2, 0.25) is 0 Å². The number of ether oxygens (including phenoxy) is 1. The quantitative estimate of drug-likeness (QED) is 0.501. The molecule has 0 aliphatic carbocycles. The third-order valence-electron chi connectivity index (χ3n) is 1.55. The summed E-state index contributed by atoms with van der Waals surface area (Å²) in [7, 11) is 0. The molecule has 0 aliphatic rings. The summed E-state index contributed by atoms with van der Waals surface area (Å²) >= 11 is 3.20. The van der Waals surface area contributed by atoms with E-state index in [2.05, 4.69) is 33.2 Å². The average Bonchev–Trinajstić information content (AvgIpc) is 2.27. The first kappa shape index (κ1) is 9.29. The normalized spacial score (nSPS) is 10.5. The van der Waals surface area contributed by atoms with Crippen LogP contribution in [0.5, 0.6) is 5.75 Å². The van der Waals surface area contributed by atoms with E-state index in [0.717, 1.165) is 5.56 Å². The highest BCUT2D eigenvalue weighted by atomic mass is 79.9. The van der Waals surface area contributed by atoms with Crippen LogP contribution in [0.2, 0.25) is 1.41 Å². The van der Waals surface area contributed by atoms with Gasteiger partial charge in [0.05, 0.1) is 5.33 Å². The fourth-order valence-corrected chi connectivity index (χ4v) is 1.13. The Hall–Kier alpha value is -1.27. The van der Waals surface area contributed by atoms with Gasteiger partial charge in [-0.05, 0) is 12.1 Å². The van der Waals surface area contributed by atoms with Crippen molar-refractivity contribution in [3.8, 4) is 17.6 Å². The number of hydrogen-bond donors (Lipinski definition) is 1. The largest absolute Gasteiger partial charge is 0.480 e. The number of rotatable bonds is 3. The molecule has 1 aromatic rings. The molecular formula is C11H10BrNO. The minimum atomic E-state index is 0.342. The summed E-state index contributed by atoms with van der Waals surface area (Å²) in [6, 6.07) is 7.40. The molecule has 1 aromatic carbocycles. The van der Waals surface area contributed by atoms with E-state index in [1.54, 1.807) is 0 Å². The van der Waals surface area contributed by atoms with Crippen molar-refractivity contribution in [2.75, 3.05) is 11.9 Å². The Morgan fingerprint density at radius 1 is 1.50 bits per heavy atom. The lowest BCUT2D eigenvalue weighted by atomic mass is 10.2. The van der Waals surface area contributed by atoms with Crippen LogP contribution in [0.25, 0.3) is 0 Å². The fraction of sp³-hybridized carbons (Fsp3) is 0.182. The van der Waals surface area contributed by atoms with Crippen LogP contribution in [0.4, 0.5) is 0 Å². The van der Waals surface area contributed by atoms with E-state index in [-0.39, 0.29) is 0 Å². The monoisotopic (exact) mass is 253 g/mol. The zero-order chi connectivity index (χ0) is 10.9. The van der Waals surface area contributed by atoms with Gasteiger partial charge in [0.1, 0.15) is 12.4 Å². The Labute approximate surface area is 93.4 Å².